The second-order valence-electron chi connectivity index (χ2n) is 13.6. The van der Waals surface area contributed by atoms with Crippen LogP contribution < -0.4 is 5.73 Å². The molecule has 4 N–H and O–H groups in total. The van der Waals surface area contributed by atoms with Gasteiger partial charge in [0.1, 0.15) is 12.8 Å². The number of nitrogen functional groups attached to an aromatic ring is 1. The van der Waals surface area contributed by atoms with Gasteiger partial charge in [0.15, 0.2) is 29.1 Å². The van der Waals surface area contributed by atoms with E-state index in [1.165, 1.54) is 19.1 Å². The van der Waals surface area contributed by atoms with Gasteiger partial charge in [-0.05, 0) is 79.5 Å². The Hall–Kier alpha value is -3.24. The van der Waals surface area contributed by atoms with Gasteiger partial charge in [-0.25, -0.2) is 8.78 Å². The molecule has 0 aromatic heterocycles. The molecule has 5 aliphatic rings. The van der Waals surface area contributed by atoms with Gasteiger partial charge in [0.25, 0.3) is 0 Å². The number of hydrogen-bond acceptors (Lipinski definition) is 7. The molecule has 3 saturated carbocycles. The fraction of sp³-hybridized carbons (Fsp3) is 0.486. The number of hydrogen-bond donors (Lipinski definition) is 3. The monoisotopic (exact) mass is 605 g/mol. The largest absolute Gasteiger partial charge is 0.399 e. The number of ketones is 2. The number of allylic oxidation sites excluding steroid dienone is 4. The average Bonchev–Trinajstić information content (AvgIpc) is 3.50. The number of carbonyl (C=O) groups is 2. The number of rotatable bonds is 5. The molecule has 0 amide bonds. The van der Waals surface area contributed by atoms with Crippen molar-refractivity contribution in [3.05, 3.63) is 89.0 Å². The van der Waals surface area contributed by atoms with Crippen LogP contribution in [0.3, 0.4) is 0 Å². The number of fused-ring (bicyclic) bond motifs is 7. The highest BCUT2D eigenvalue weighted by molar-refractivity contribution is 6.01. The molecule has 10 atom stereocenters. The normalized spacial score (nSPS) is 42.2. The summed E-state index contributed by atoms with van der Waals surface area (Å²) in [5, 5.41) is 21.9. The molecule has 7 rings (SSSR count). The lowest BCUT2D eigenvalue weighted by Gasteiger charge is -2.63. The van der Waals surface area contributed by atoms with Gasteiger partial charge < -0.3 is 25.4 Å². The van der Waals surface area contributed by atoms with Gasteiger partial charge in [-0.15, -0.1) is 0 Å². The molecule has 0 spiro atoms. The zero-order chi connectivity index (χ0) is 31.2. The van der Waals surface area contributed by atoms with E-state index in [1.54, 1.807) is 6.92 Å². The molecule has 1 heterocycles. The van der Waals surface area contributed by atoms with Crippen molar-refractivity contribution >= 4 is 17.3 Å². The first-order valence-electron chi connectivity index (χ1n) is 15.2. The fourth-order valence-electron chi connectivity index (χ4n) is 9.44. The highest BCUT2D eigenvalue weighted by Crippen LogP contribution is 2.72. The van der Waals surface area contributed by atoms with E-state index < -0.39 is 76.8 Å². The first-order valence-corrected chi connectivity index (χ1v) is 15.2. The van der Waals surface area contributed by atoms with E-state index in [9.17, 15) is 19.8 Å². The fourth-order valence-corrected chi connectivity index (χ4v) is 9.44. The molecule has 0 bridgehead atoms. The molecule has 2 aromatic rings. The number of nitrogens with two attached hydrogens (primary N) is 1. The number of anilines is 1. The third-order valence-electron chi connectivity index (χ3n) is 11.5. The Kier molecular flexibility index (Phi) is 6.62. The maximum absolute atomic E-state index is 17.6. The first-order chi connectivity index (χ1) is 20.9. The SMILES string of the molecule is C[C@]12C=CC(=O)C=C1[C@@H](F)C[C@H]1[C@@H]3C[C@H]4O[C@@H](c5cccc(Cc6ccc(N)cc6)c5)O[C@@]4(C(=O)CO)[C@@]3(C)C[C@H](O)[C@@]12F. The summed E-state index contributed by atoms with van der Waals surface area (Å²) in [7, 11) is 0. The number of benzene rings is 2. The van der Waals surface area contributed by atoms with Gasteiger partial charge in [-0.1, -0.05) is 49.4 Å². The van der Waals surface area contributed by atoms with E-state index in [0.29, 0.717) is 17.7 Å². The lowest BCUT2D eigenvalue weighted by molar-refractivity contribution is -0.235. The Morgan fingerprint density at radius 1 is 1.09 bits per heavy atom. The van der Waals surface area contributed by atoms with Crippen LogP contribution in [0.25, 0.3) is 0 Å². The number of Topliss-reactive ketones (excluding diaryl/α,β-unsaturated/α-hetero) is 1. The Balaban J connectivity index is 1.24. The van der Waals surface area contributed by atoms with Crippen molar-refractivity contribution in [2.45, 2.75) is 75.5 Å². The van der Waals surface area contributed by atoms with Crippen LogP contribution in [0.15, 0.2) is 72.3 Å². The summed E-state index contributed by atoms with van der Waals surface area (Å²) in [6, 6.07) is 15.2. The number of carbonyl (C=O) groups excluding carboxylic acids is 2. The molecule has 7 nitrogen and oxygen atoms in total. The number of alkyl halides is 2. The Bertz CT molecular complexity index is 1590. The Morgan fingerprint density at radius 2 is 1.84 bits per heavy atom. The topological polar surface area (TPSA) is 119 Å². The van der Waals surface area contributed by atoms with Crippen LogP contribution in [0.2, 0.25) is 0 Å². The van der Waals surface area contributed by atoms with Crippen LogP contribution in [0.1, 0.15) is 56.1 Å². The molecule has 4 aliphatic carbocycles. The van der Waals surface area contributed by atoms with Crippen LogP contribution in [0.5, 0.6) is 0 Å². The van der Waals surface area contributed by atoms with E-state index in [2.05, 4.69) is 0 Å². The predicted octanol–water partition coefficient (Wildman–Crippen LogP) is 4.50. The van der Waals surface area contributed by atoms with Crippen LogP contribution >= 0.6 is 0 Å². The first kappa shape index (κ1) is 29.5. The Labute approximate surface area is 254 Å². The highest BCUT2D eigenvalue weighted by Gasteiger charge is 2.80. The smallest absolute Gasteiger partial charge is 0.193 e. The zero-order valence-corrected chi connectivity index (χ0v) is 24.7. The molecule has 0 radical (unpaired) electrons. The molecule has 9 heteroatoms. The van der Waals surface area contributed by atoms with Crippen molar-refractivity contribution in [1.82, 2.24) is 0 Å². The van der Waals surface area contributed by atoms with Crippen molar-refractivity contribution < 1.29 is 38.1 Å². The molecule has 1 aliphatic heterocycles. The van der Waals surface area contributed by atoms with Gasteiger partial charge in [0.05, 0.1) is 12.2 Å². The van der Waals surface area contributed by atoms with Gasteiger partial charge >= 0.3 is 0 Å². The van der Waals surface area contributed by atoms with Crippen molar-refractivity contribution in [1.29, 1.82) is 0 Å². The molecule has 4 fully saturated rings. The summed E-state index contributed by atoms with van der Waals surface area (Å²) < 4.78 is 46.4. The van der Waals surface area contributed by atoms with Crippen molar-refractivity contribution in [3.63, 3.8) is 0 Å². The van der Waals surface area contributed by atoms with Crippen molar-refractivity contribution in [2.75, 3.05) is 12.3 Å². The van der Waals surface area contributed by atoms with Crippen LogP contribution in [-0.2, 0) is 25.5 Å². The minimum absolute atomic E-state index is 0.0390. The second-order valence-corrected chi connectivity index (χ2v) is 13.6. The van der Waals surface area contributed by atoms with Gasteiger partial charge in [-0.2, -0.15) is 0 Å². The van der Waals surface area contributed by atoms with Gasteiger partial charge in [0, 0.05) is 28.0 Å². The minimum Gasteiger partial charge on any atom is -0.399 e. The predicted molar refractivity (Wildman–Crippen MR) is 158 cm³/mol. The van der Waals surface area contributed by atoms with E-state index >= 15 is 8.78 Å². The van der Waals surface area contributed by atoms with Gasteiger partial charge in [0.2, 0.25) is 0 Å². The van der Waals surface area contributed by atoms with Gasteiger partial charge in [-0.3, -0.25) is 9.59 Å². The van der Waals surface area contributed by atoms with Crippen LogP contribution in [0, 0.1) is 22.7 Å². The molecule has 0 unspecified atom stereocenters. The molecular weight excluding hydrogens is 568 g/mol. The minimum atomic E-state index is -2.29. The molecule has 2 aromatic carbocycles. The van der Waals surface area contributed by atoms with Crippen LogP contribution in [0.4, 0.5) is 14.5 Å². The molecule has 232 valence electrons. The summed E-state index contributed by atoms with van der Waals surface area (Å²) >= 11 is 0. The van der Waals surface area contributed by atoms with E-state index in [0.717, 1.165) is 17.2 Å². The third-order valence-corrected chi connectivity index (χ3v) is 11.5. The summed E-state index contributed by atoms with van der Waals surface area (Å²) in [5.74, 6) is -2.61. The highest BCUT2D eigenvalue weighted by atomic mass is 19.1. The van der Waals surface area contributed by atoms with E-state index in [1.807, 2.05) is 48.5 Å². The lowest BCUT2D eigenvalue weighted by atomic mass is 9.44. The lowest BCUT2D eigenvalue weighted by Crippen LogP contribution is -2.70. The summed E-state index contributed by atoms with van der Waals surface area (Å²) in [6.07, 6.45) is -0.780. The van der Waals surface area contributed by atoms with Crippen molar-refractivity contribution in [2.24, 2.45) is 22.7 Å². The van der Waals surface area contributed by atoms with E-state index in [-0.39, 0.29) is 24.8 Å². The summed E-state index contributed by atoms with van der Waals surface area (Å²) in [6.45, 7) is 2.49. The number of halogens is 2. The maximum Gasteiger partial charge on any atom is 0.193 e. The quantitative estimate of drug-likeness (QED) is 0.430. The molecular formula is C35H37F2NO6. The number of aliphatic hydroxyl groups excluding tert-OH is 2. The maximum atomic E-state index is 17.6. The van der Waals surface area contributed by atoms with Crippen molar-refractivity contribution in [3.8, 4) is 0 Å². The standard InChI is InChI=1S/C35H37F2NO6/c1-32-11-10-23(40)14-26(32)27(36)15-25-24-16-30-35(29(42)18-39,33(24,2)17-28(41)34(25,32)37)44-31(43-30)21-5-3-4-20(13-21)12-19-6-8-22(38)9-7-19/h3-11,13-14,24-25,27-28,30-31,39,41H,12,15-18,38H2,1-2H3/t24-,25-,27-,28-,30+,31+,32-,33-,34-,35+/m0/s1. The molecule has 44 heavy (non-hydrogen) atoms. The number of aliphatic hydroxyl groups is 2. The number of ether oxygens (including phenoxy) is 2. The van der Waals surface area contributed by atoms with E-state index in [4.69, 9.17) is 15.2 Å². The summed E-state index contributed by atoms with van der Waals surface area (Å²) in [5.41, 5.74) is 2.62. The summed E-state index contributed by atoms with van der Waals surface area (Å²) in [4.78, 5) is 25.9. The third kappa shape index (κ3) is 3.79. The molecule has 1 saturated heterocycles. The second kappa shape index (κ2) is 9.88. The Morgan fingerprint density at radius 3 is 2.57 bits per heavy atom. The zero-order valence-electron chi connectivity index (χ0n) is 24.7. The van der Waals surface area contributed by atoms with Crippen LogP contribution in [-0.4, -0.2) is 58.0 Å². The average molecular weight is 606 g/mol.